The lowest BCUT2D eigenvalue weighted by molar-refractivity contribution is -0.274. The molecule has 2 rings (SSSR count). The van der Waals surface area contributed by atoms with Crippen LogP contribution >= 0.6 is 11.6 Å². The summed E-state index contributed by atoms with van der Waals surface area (Å²) in [5.74, 6) is -1.19. The van der Waals surface area contributed by atoms with Crippen molar-refractivity contribution in [1.82, 2.24) is 4.98 Å². The van der Waals surface area contributed by atoms with Crippen LogP contribution in [0, 0.1) is 0 Å². The minimum absolute atomic E-state index is 0.0741. The van der Waals surface area contributed by atoms with E-state index in [1.54, 1.807) is 0 Å². The zero-order valence-electron chi connectivity index (χ0n) is 9.82. The normalized spacial score (nSPS) is 11.2. The number of halogens is 4. The summed E-state index contributed by atoms with van der Waals surface area (Å²) in [7, 11) is 0. The maximum Gasteiger partial charge on any atom is 0.573 e. The van der Waals surface area contributed by atoms with Crippen molar-refractivity contribution in [2.75, 3.05) is 0 Å². The molecule has 0 bridgehead atoms. The van der Waals surface area contributed by atoms with E-state index in [2.05, 4.69) is 9.72 Å². The van der Waals surface area contributed by atoms with Gasteiger partial charge >= 0.3 is 6.36 Å². The third kappa shape index (κ3) is 3.48. The first kappa shape index (κ1) is 14.3. The second-order valence-corrected chi connectivity index (χ2v) is 4.13. The monoisotopic (exact) mass is 301 g/mol. The molecule has 0 radical (unpaired) electrons. The van der Waals surface area contributed by atoms with E-state index in [1.807, 2.05) is 0 Å². The smallest absolute Gasteiger partial charge is 0.405 e. The van der Waals surface area contributed by atoms with Gasteiger partial charge < -0.3 is 4.74 Å². The van der Waals surface area contributed by atoms with Crippen molar-refractivity contribution in [3.63, 3.8) is 0 Å². The average molecular weight is 302 g/mol. The number of carbonyl (C=O) groups is 1. The van der Waals surface area contributed by atoms with E-state index in [0.29, 0.717) is 0 Å². The quantitative estimate of drug-likeness (QED) is 0.638. The molecule has 0 fully saturated rings. The lowest BCUT2D eigenvalue weighted by Gasteiger charge is -2.12. The van der Waals surface area contributed by atoms with Crippen LogP contribution in [0.2, 0.25) is 5.15 Å². The van der Waals surface area contributed by atoms with Crippen LogP contribution in [0.3, 0.4) is 0 Å². The van der Waals surface area contributed by atoms with Crippen LogP contribution in [-0.2, 0) is 0 Å². The molecular weight excluding hydrogens is 295 g/mol. The second-order valence-electron chi connectivity index (χ2n) is 3.74. The van der Waals surface area contributed by atoms with Gasteiger partial charge in [0.25, 0.3) is 0 Å². The first-order chi connectivity index (χ1) is 9.37. The Bertz CT molecular complexity index is 644. The summed E-state index contributed by atoms with van der Waals surface area (Å²) in [4.78, 5) is 15.9. The number of carbonyl (C=O) groups excluding carboxylic acids is 1. The van der Waals surface area contributed by atoms with Crippen LogP contribution in [0.4, 0.5) is 13.2 Å². The van der Waals surface area contributed by atoms with Gasteiger partial charge in [0, 0.05) is 11.8 Å². The van der Waals surface area contributed by atoms with Crippen LogP contribution in [0.15, 0.2) is 42.6 Å². The Kier molecular flexibility index (Phi) is 3.94. The highest BCUT2D eigenvalue weighted by atomic mass is 35.5. The molecule has 0 aliphatic heterocycles. The van der Waals surface area contributed by atoms with Crippen LogP contribution in [0.25, 0.3) is 0 Å². The van der Waals surface area contributed by atoms with E-state index >= 15 is 0 Å². The van der Waals surface area contributed by atoms with E-state index < -0.39 is 17.9 Å². The largest absolute Gasteiger partial charge is 0.573 e. The molecule has 2 aromatic rings. The SMILES string of the molecule is O=C(c1ccnc(Cl)c1)c1ccccc1OC(F)(F)F. The average Bonchev–Trinajstić information content (AvgIpc) is 2.37. The molecule has 0 unspecified atom stereocenters. The van der Waals surface area contributed by atoms with Gasteiger partial charge in [0.15, 0.2) is 5.78 Å². The van der Waals surface area contributed by atoms with Gasteiger partial charge in [-0.3, -0.25) is 4.79 Å². The predicted octanol–water partition coefficient (Wildman–Crippen LogP) is 3.86. The Morgan fingerprint density at radius 2 is 1.90 bits per heavy atom. The minimum Gasteiger partial charge on any atom is -0.405 e. The minimum atomic E-state index is -4.87. The Labute approximate surface area is 117 Å². The third-order valence-corrected chi connectivity index (χ3v) is 2.55. The molecular formula is C13H7ClF3NO2. The van der Waals surface area contributed by atoms with E-state index in [4.69, 9.17) is 11.6 Å². The van der Waals surface area contributed by atoms with Crippen molar-refractivity contribution < 1.29 is 22.7 Å². The summed E-state index contributed by atoms with van der Waals surface area (Å²) in [5, 5.41) is 0.0741. The molecule has 0 atom stereocenters. The second kappa shape index (κ2) is 5.50. The summed E-state index contributed by atoms with van der Waals surface area (Å²) >= 11 is 5.65. The van der Waals surface area contributed by atoms with Crippen molar-refractivity contribution in [2.24, 2.45) is 0 Å². The fourth-order valence-corrected chi connectivity index (χ4v) is 1.74. The number of hydrogen-bond acceptors (Lipinski definition) is 3. The lowest BCUT2D eigenvalue weighted by atomic mass is 10.0. The van der Waals surface area contributed by atoms with Gasteiger partial charge in [-0.05, 0) is 24.3 Å². The number of aromatic nitrogens is 1. The first-order valence-corrected chi connectivity index (χ1v) is 5.75. The van der Waals surface area contributed by atoms with Gasteiger partial charge in [-0.1, -0.05) is 23.7 Å². The van der Waals surface area contributed by atoms with E-state index in [1.165, 1.54) is 36.5 Å². The number of benzene rings is 1. The fourth-order valence-electron chi connectivity index (χ4n) is 1.57. The number of ketones is 1. The van der Waals surface area contributed by atoms with E-state index in [0.717, 1.165) is 6.07 Å². The van der Waals surface area contributed by atoms with Crippen molar-refractivity contribution in [3.05, 3.63) is 58.9 Å². The molecule has 0 N–H and O–H groups in total. The molecule has 104 valence electrons. The highest BCUT2D eigenvalue weighted by Crippen LogP contribution is 2.28. The standard InChI is InChI=1S/C13H7ClF3NO2/c14-11-7-8(5-6-18-11)12(19)9-3-1-2-4-10(9)20-13(15,16)17/h1-7H. The zero-order valence-corrected chi connectivity index (χ0v) is 10.6. The van der Waals surface area contributed by atoms with Gasteiger partial charge in [-0.2, -0.15) is 0 Å². The highest BCUT2D eigenvalue weighted by molar-refractivity contribution is 6.30. The summed E-state index contributed by atoms with van der Waals surface area (Å²) in [6.07, 6.45) is -3.57. The zero-order chi connectivity index (χ0) is 14.8. The molecule has 3 nitrogen and oxygen atoms in total. The predicted molar refractivity (Wildman–Crippen MR) is 65.8 cm³/mol. The Morgan fingerprint density at radius 3 is 2.55 bits per heavy atom. The topological polar surface area (TPSA) is 39.2 Å². The molecule has 20 heavy (non-hydrogen) atoms. The molecule has 0 aliphatic carbocycles. The molecule has 1 aromatic carbocycles. The molecule has 0 saturated heterocycles. The van der Waals surface area contributed by atoms with Crippen molar-refractivity contribution >= 4 is 17.4 Å². The van der Waals surface area contributed by atoms with Crippen LogP contribution in [-0.4, -0.2) is 17.1 Å². The molecule has 0 saturated carbocycles. The number of ether oxygens (including phenoxy) is 1. The molecule has 0 aliphatic rings. The van der Waals surface area contributed by atoms with E-state index in [9.17, 15) is 18.0 Å². The summed E-state index contributed by atoms with van der Waals surface area (Å²) in [6, 6.07) is 7.74. The van der Waals surface area contributed by atoms with Crippen molar-refractivity contribution in [3.8, 4) is 5.75 Å². The fraction of sp³-hybridized carbons (Fsp3) is 0.0769. The maximum absolute atomic E-state index is 12.3. The highest BCUT2D eigenvalue weighted by Gasteiger charge is 2.32. The summed E-state index contributed by atoms with van der Waals surface area (Å²) in [5.41, 5.74) is -0.0738. The third-order valence-electron chi connectivity index (χ3n) is 2.35. The Hall–Kier alpha value is -2.08. The number of hydrogen-bond donors (Lipinski definition) is 0. The molecule has 1 aromatic heterocycles. The Balaban J connectivity index is 2.40. The Morgan fingerprint density at radius 1 is 1.20 bits per heavy atom. The number of rotatable bonds is 3. The maximum atomic E-state index is 12.3. The van der Waals surface area contributed by atoms with Crippen molar-refractivity contribution in [1.29, 1.82) is 0 Å². The number of alkyl halides is 3. The molecule has 7 heteroatoms. The number of pyridine rings is 1. The van der Waals surface area contributed by atoms with Crippen LogP contribution in [0.1, 0.15) is 15.9 Å². The van der Waals surface area contributed by atoms with Gasteiger partial charge in [0.2, 0.25) is 0 Å². The van der Waals surface area contributed by atoms with Crippen molar-refractivity contribution in [2.45, 2.75) is 6.36 Å². The summed E-state index contributed by atoms with van der Waals surface area (Å²) in [6.45, 7) is 0. The molecule has 0 spiro atoms. The first-order valence-electron chi connectivity index (χ1n) is 5.38. The van der Waals surface area contributed by atoms with Crippen LogP contribution < -0.4 is 4.74 Å². The molecule has 1 heterocycles. The van der Waals surface area contributed by atoms with Crippen LogP contribution in [0.5, 0.6) is 5.75 Å². The summed E-state index contributed by atoms with van der Waals surface area (Å²) < 4.78 is 40.7. The van der Waals surface area contributed by atoms with Gasteiger partial charge in [-0.25, -0.2) is 4.98 Å². The van der Waals surface area contributed by atoms with Gasteiger partial charge in [0.05, 0.1) is 5.56 Å². The van der Waals surface area contributed by atoms with Gasteiger partial charge in [0.1, 0.15) is 10.9 Å². The lowest BCUT2D eigenvalue weighted by Crippen LogP contribution is -2.19. The molecule has 0 amide bonds. The number of nitrogens with zero attached hydrogens (tertiary/aromatic N) is 1. The van der Waals surface area contributed by atoms with E-state index in [-0.39, 0.29) is 16.3 Å². The van der Waals surface area contributed by atoms with Gasteiger partial charge in [-0.15, -0.1) is 13.2 Å². The number of para-hydroxylation sites is 1.